The molecule has 102 valence electrons. The van der Waals surface area contributed by atoms with E-state index in [1.54, 1.807) is 11.3 Å². The molecule has 1 atom stereocenters. The van der Waals surface area contributed by atoms with Gasteiger partial charge in [0.15, 0.2) is 5.82 Å². The van der Waals surface area contributed by atoms with Gasteiger partial charge < -0.3 is 5.73 Å². The van der Waals surface area contributed by atoms with Crippen LogP contribution in [0.2, 0.25) is 0 Å². The number of fused-ring (bicyclic) bond motifs is 1. The second-order valence-corrected chi connectivity index (χ2v) is 6.28. The molecule has 2 heterocycles. The average Bonchev–Trinajstić information content (AvgIpc) is 3.12. The molecule has 5 nitrogen and oxygen atoms in total. The summed E-state index contributed by atoms with van der Waals surface area (Å²) in [5, 5.41) is 14.1. The van der Waals surface area contributed by atoms with Gasteiger partial charge in [-0.2, -0.15) is 9.61 Å². The van der Waals surface area contributed by atoms with Crippen molar-refractivity contribution in [3.63, 3.8) is 0 Å². The molecule has 2 aromatic heterocycles. The van der Waals surface area contributed by atoms with Crippen LogP contribution in [0.25, 0.3) is 4.96 Å². The molecule has 20 heavy (non-hydrogen) atoms. The van der Waals surface area contributed by atoms with Gasteiger partial charge in [0.1, 0.15) is 5.01 Å². The Morgan fingerprint density at radius 1 is 1.25 bits per heavy atom. The van der Waals surface area contributed by atoms with Crippen LogP contribution in [-0.2, 0) is 6.42 Å². The molecule has 3 aromatic rings. The lowest BCUT2D eigenvalue weighted by Crippen LogP contribution is -2.13. The maximum atomic E-state index is 6.25. The third-order valence-electron chi connectivity index (χ3n) is 3.62. The van der Waals surface area contributed by atoms with Crippen molar-refractivity contribution in [1.82, 2.24) is 19.8 Å². The smallest absolute Gasteiger partial charge is 0.234 e. The lowest BCUT2D eigenvalue weighted by Gasteiger charge is -2.09. The Hall–Kier alpha value is -1.79. The van der Waals surface area contributed by atoms with Gasteiger partial charge >= 0.3 is 0 Å². The van der Waals surface area contributed by atoms with Crippen molar-refractivity contribution in [3.8, 4) is 0 Å². The summed E-state index contributed by atoms with van der Waals surface area (Å²) in [5.74, 6) is 1.57. The van der Waals surface area contributed by atoms with Crippen molar-refractivity contribution < 1.29 is 0 Å². The Balaban J connectivity index is 1.59. The molecule has 0 radical (unpaired) electrons. The Labute approximate surface area is 120 Å². The molecule has 0 amide bonds. The normalized spacial score (nSPS) is 16.6. The average molecular weight is 285 g/mol. The monoisotopic (exact) mass is 285 g/mol. The van der Waals surface area contributed by atoms with Gasteiger partial charge in [-0.15, -0.1) is 10.2 Å². The van der Waals surface area contributed by atoms with Gasteiger partial charge in [0, 0.05) is 18.4 Å². The molecule has 1 aromatic carbocycles. The third-order valence-corrected chi connectivity index (χ3v) is 4.54. The van der Waals surface area contributed by atoms with Crippen molar-refractivity contribution in [2.24, 2.45) is 5.73 Å². The molecular weight excluding hydrogens is 270 g/mol. The van der Waals surface area contributed by atoms with E-state index in [2.05, 4.69) is 27.4 Å². The van der Waals surface area contributed by atoms with E-state index in [0.29, 0.717) is 5.92 Å². The minimum atomic E-state index is -0.0237. The van der Waals surface area contributed by atoms with Gasteiger partial charge in [-0.25, -0.2) is 0 Å². The fraction of sp³-hybridized carbons (Fsp3) is 0.357. The highest BCUT2D eigenvalue weighted by molar-refractivity contribution is 7.16. The molecule has 1 fully saturated rings. The van der Waals surface area contributed by atoms with Gasteiger partial charge in [0.05, 0.1) is 0 Å². The van der Waals surface area contributed by atoms with E-state index in [0.717, 1.165) is 27.8 Å². The predicted molar refractivity (Wildman–Crippen MR) is 77.7 cm³/mol. The van der Waals surface area contributed by atoms with Crippen molar-refractivity contribution in [1.29, 1.82) is 0 Å². The largest absolute Gasteiger partial charge is 0.324 e. The van der Waals surface area contributed by atoms with E-state index in [1.165, 1.54) is 12.8 Å². The van der Waals surface area contributed by atoms with E-state index < -0.39 is 0 Å². The highest BCUT2D eigenvalue weighted by Gasteiger charge is 2.30. The number of aromatic nitrogens is 4. The van der Waals surface area contributed by atoms with Crippen LogP contribution in [0.5, 0.6) is 0 Å². The van der Waals surface area contributed by atoms with Gasteiger partial charge in [-0.05, 0) is 18.4 Å². The van der Waals surface area contributed by atoms with Crippen LogP contribution >= 0.6 is 11.3 Å². The first kappa shape index (κ1) is 12.0. The molecule has 0 aliphatic heterocycles. The van der Waals surface area contributed by atoms with Crippen LogP contribution < -0.4 is 5.73 Å². The summed E-state index contributed by atoms with van der Waals surface area (Å²) in [5.41, 5.74) is 7.39. The zero-order chi connectivity index (χ0) is 13.5. The maximum absolute atomic E-state index is 6.25. The first-order valence-electron chi connectivity index (χ1n) is 6.83. The van der Waals surface area contributed by atoms with E-state index >= 15 is 0 Å². The number of hydrogen-bond donors (Lipinski definition) is 1. The fourth-order valence-corrected chi connectivity index (χ4v) is 3.26. The van der Waals surface area contributed by atoms with Crippen LogP contribution in [0.15, 0.2) is 30.3 Å². The van der Waals surface area contributed by atoms with E-state index in [4.69, 9.17) is 5.73 Å². The van der Waals surface area contributed by atoms with Gasteiger partial charge in [0.2, 0.25) is 4.96 Å². The van der Waals surface area contributed by atoms with Gasteiger partial charge in [-0.1, -0.05) is 41.7 Å². The van der Waals surface area contributed by atoms with Crippen molar-refractivity contribution in [3.05, 3.63) is 46.7 Å². The third kappa shape index (κ3) is 2.10. The molecule has 1 aliphatic rings. The fourth-order valence-electron chi connectivity index (χ4n) is 2.36. The molecule has 0 saturated heterocycles. The standard InChI is InChI=1S/C14H15N5S/c15-11(9-4-2-1-3-5-9)8-12-18-19-13(10-6-7-10)16-17-14(19)20-12/h1-5,10-11H,6-8,15H2. The Morgan fingerprint density at radius 3 is 2.80 bits per heavy atom. The SMILES string of the molecule is NC(Cc1nn2c(C3CC3)nnc2s1)c1ccccc1. The molecular formula is C14H15N5S. The molecule has 2 N–H and O–H groups in total. The quantitative estimate of drug-likeness (QED) is 0.798. The molecule has 1 saturated carbocycles. The van der Waals surface area contributed by atoms with Crippen molar-refractivity contribution >= 4 is 16.3 Å². The number of nitrogens with zero attached hydrogens (tertiary/aromatic N) is 4. The van der Waals surface area contributed by atoms with E-state index in [9.17, 15) is 0 Å². The molecule has 0 bridgehead atoms. The number of hydrogen-bond acceptors (Lipinski definition) is 5. The number of nitrogens with two attached hydrogens (primary N) is 1. The second kappa shape index (κ2) is 4.64. The van der Waals surface area contributed by atoms with Crippen LogP contribution in [0.4, 0.5) is 0 Å². The van der Waals surface area contributed by atoms with Gasteiger partial charge in [-0.3, -0.25) is 0 Å². The van der Waals surface area contributed by atoms with Crippen LogP contribution in [-0.4, -0.2) is 19.8 Å². The Bertz CT molecular complexity index is 728. The van der Waals surface area contributed by atoms with Crippen LogP contribution in [0.3, 0.4) is 0 Å². The molecule has 0 spiro atoms. The summed E-state index contributed by atoms with van der Waals surface area (Å²) in [6, 6.07) is 10.1. The lowest BCUT2D eigenvalue weighted by molar-refractivity contribution is 0.698. The molecule has 4 rings (SSSR count). The first-order chi connectivity index (χ1) is 9.81. The van der Waals surface area contributed by atoms with Crippen LogP contribution in [0, 0.1) is 0 Å². The maximum Gasteiger partial charge on any atom is 0.234 e. The Morgan fingerprint density at radius 2 is 2.05 bits per heavy atom. The van der Waals surface area contributed by atoms with Crippen molar-refractivity contribution in [2.45, 2.75) is 31.2 Å². The number of benzene rings is 1. The zero-order valence-corrected chi connectivity index (χ0v) is 11.8. The molecule has 6 heteroatoms. The van der Waals surface area contributed by atoms with E-state index in [1.807, 2.05) is 22.7 Å². The van der Waals surface area contributed by atoms with Gasteiger partial charge in [0.25, 0.3) is 0 Å². The highest BCUT2D eigenvalue weighted by atomic mass is 32.1. The lowest BCUT2D eigenvalue weighted by atomic mass is 10.1. The van der Waals surface area contributed by atoms with Crippen molar-refractivity contribution in [2.75, 3.05) is 0 Å². The summed E-state index contributed by atoms with van der Waals surface area (Å²) < 4.78 is 1.90. The minimum Gasteiger partial charge on any atom is -0.324 e. The second-order valence-electron chi connectivity index (χ2n) is 5.24. The summed E-state index contributed by atoms with van der Waals surface area (Å²) in [4.78, 5) is 0.877. The summed E-state index contributed by atoms with van der Waals surface area (Å²) in [6.07, 6.45) is 3.15. The Kier molecular flexibility index (Phi) is 2.78. The zero-order valence-electron chi connectivity index (χ0n) is 10.9. The highest BCUT2D eigenvalue weighted by Crippen LogP contribution is 2.39. The summed E-state index contributed by atoms with van der Waals surface area (Å²) in [7, 11) is 0. The summed E-state index contributed by atoms with van der Waals surface area (Å²) in [6.45, 7) is 0. The molecule has 1 unspecified atom stereocenters. The predicted octanol–water partition coefficient (Wildman–Crippen LogP) is 2.31. The number of rotatable bonds is 4. The first-order valence-corrected chi connectivity index (χ1v) is 7.64. The van der Waals surface area contributed by atoms with E-state index in [-0.39, 0.29) is 6.04 Å². The van der Waals surface area contributed by atoms with Crippen LogP contribution in [0.1, 0.15) is 41.2 Å². The minimum absolute atomic E-state index is 0.0237. The molecule has 1 aliphatic carbocycles. The topological polar surface area (TPSA) is 69.1 Å². The summed E-state index contributed by atoms with van der Waals surface area (Å²) >= 11 is 1.58.